The zero-order valence-electron chi connectivity index (χ0n) is 15.0. The SMILES string of the molecule is Nc1nc(NCc2ccc(/C=C/C(=O)NO)cc2)nc2nc(-c3ccco3)nn12. The quantitative estimate of drug-likeness (QED) is 0.217. The van der Waals surface area contributed by atoms with E-state index in [0.717, 1.165) is 11.1 Å². The molecule has 4 rings (SSSR count). The second-order valence-electron chi connectivity index (χ2n) is 5.93. The first-order valence-electron chi connectivity index (χ1n) is 8.51. The number of nitrogens with zero attached hydrogens (tertiary/aromatic N) is 5. The number of carbonyl (C=O) groups is 1. The fraction of sp³-hybridized carbons (Fsp3) is 0.0556. The Hall–Kier alpha value is -4.25. The third-order valence-electron chi connectivity index (χ3n) is 3.94. The van der Waals surface area contributed by atoms with Crippen LogP contribution in [-0.4, -0.2) is 35.7 Å². The Balaban J connectivity index is 1.47. The van der Waals surface area contributed by atoms with E-state index in [1.165, 1.54) is 22.3 Å². The van der Waals surface area contributed by atoms with Gasteiger partial charge in [0.15, 0.2) is 5.76 Å². The molecule has 1 aromatic carbocycles. The fourth-order valence-electron chi connectivity index (χ4n) is 2.53. The number of nitrogens with two attached hydrogens (primary N) is 1. The number of rotatable bonds is 6. The number of benzene rings is 1. The highest BCUT2D eigenvalue weighted by atomic mass is 16.5. The zero-order valence-corrected chi connectivity index (χ0v) is 15.0. The average molecular weight is 392 g/mol. The van der Waals surface area contributed by atoms with Crippen molar-refractivity contribution in [1.82, 2.24) is 30.0 Å². The second kappa shape index (κ2) is 7.78. The number of anilines is 2. The molecule has 0 fully saturated rings. The molecule has 0 aliphatic carbocycles. The lowest BCUT2D eigenvalue weighted by Gasteiger charge is -2.06. The number of fused-ring (bicyclic) bond motifs is 1. The molecular weight excluding hydrogens is 376 g/mol. The molecule has 0 unspecified atom stereocenters. The number of carbonyl (C=O) groups excluding carboxylic acids is 1. The number of nitrogens with one attached hydrogen (secondary N) is 2. The molecule has 5 N–H and O–H groups in total. The number of furan rings is 1. The van der Waals surface area contributed by atoms with Crippen LogP contribution >= 0.6 is 0 Å². The van der Waals surface area contributed by atoms with Gasteiger partial charge in [-0.25, -0.2) is 5.48 Å². The van der Waals surface area contributed by atoms with Crippen molar-refractivity contribution in [3.8, 4) is 11.6 Å². The van der Waals surface area contributed by atoms with Gasteiger partial charge in [0.05, 0.1) is 6.26 Å². The van der Waals surface area contributed by atoms with Gasteiger partial charge in [-0.15, -0.1) is 5.10 Å². The van der Waals surface area contributed by atoms with Crippen LogP contribution in [0.4, 0.5) is 11.9 Å². The first kappa shape index (κ1) is 18.1. The highest BCUT2D eigenvalue weighted by molar-refractivity contribution is 5.90. The minimum Gasteiger partial charge on any atom is -0.461 e. The maximum atomic E-state index is 11.0. The average Bonchev–Trinajstić information content (AvgIpc) is 3.41. The number of nitrogen functional groups attached to an aromatic ring is 1. The summed E-state index contributed by atoms with van der Waals surface area (Å²) in [6.07, 6.45) is 4.35. The van der Waals surface area contributed by atoms with E-state index in [0.29, 0.717) is 29.9 Å². The number of hydrogen-bond donors (Lipinski definition) is 4. The molecule has 11 heteroatoms. The molecule has 146 valence electrons. The van der Waals surface area contributed by atoms with Gasteiger partial charge in [-0.1, -0.05) is 24.3 Å². The predicted molar refractivity (Wildman–Crippen MR) is 103 cm³/mol. The van der Waals surface area contributed by atoms with Crippen LogP contribution in [0.15, 0.2) is 53.2 Å². The Morgan fingerprint density at radius 1 is 1.21 bits per heavy atom. The van der Waals surface area contributed by atoms with Crippen LogP contribution in [-0.2, 0) is 11.3 Å². The van der Waals surface area contributed by atoms with Gasteiger partial charge < -0.3 is 15.5 Å². The van der Waals surface area contributed by atoms with Gasteiger partial charge in [0, 0.05) is 12.6 Å². The lowest BCUT2D eigenvalue weighted by Crippen LogP contribution is -2.14. The molecule has 0 aliphatic heterocycles. The molecule has 0 saturated heterocycles. The van der Waals surface area contributed by atoms with Gasteiger partial charge in [0.2, 0.25) is 17.7 Å². The van der Waals surface area contributed by atoms with Crippen molar-refractivity contribution >= 4 is 29.7 Å². The molecular formula is C18H16N8O3. The molecule has 11 nitrogen and oxygen atoms in total. The first-order chi connectivity index (χ1) is 14.1. The summed E-state index contributed by atoms with van der Waals surface area (Å²) in [6, 6.07) is 10.9. The van der Waals surface area contributed by atoms with Gasteiger partial charge in [-0.2, -0.15) is 19.5 Å². The predicted octanol–water partition coefficient (Wildman–Crippen LogP) is 1.49. The molecule has 0 bridgehead atoms. The second-order valence-corrected chi connectivity index (χ2v) is 5.93. The minimum atomic E-state index is -0.593. The van der Waals surface area contributed by atoms with Crippen LogP contribution in [0.1, 0.15) is 11.1 Å². The summed E-state index contributed by atoms with van der Waals surface area (Å²) >= 11 is 0. The van der Waals surface area contributed by atoms with Gasteiger partial charge in [-0.05, 0) is 29.3 Å². The molecule has 29 heavy (non-hydrogen) atoms. The van der Waals surface area contributed by atoms with E-state index < -0.39 is 5.91 Å². The summed E-state index contributed by atoms with van der Waals surface area (Å²) in [6.45, 7) is 0.454. The van der Waals surface area contributed by atoms with E-state index in [9.17, 15) is 4.79 Å². The van der Waals surface area contributed by atoms with E-state index in [1.807, 2.05) is 24.3 Å². The number of hydroxylamine groups is 1. The zero-order chi connectivity index (χ0) is 20.2. The molecule has 0 radical (unpaired) electrons. The van der Waals surface area contributed by atoms with E-state index in [-0.39, 0.29) is 5.95 Å². The highest BCUT2D eigenvalue weighted by Gasteiger charge is 2.13. The Bertz CT molecular complexity index is 1170. The molecule has 0 atom stereocenters. The van der Waals surface area contributed by atoms with Crippen molar-refractivity contribution in [2.24, 2.45) is 0 Å². The van der Waals surface area contributed by atoms with Crippen molar-refractivity contribution < 1.29 is 14.4 Å². The summed E-state index contributed by atoms with van der Waals surface area (Å²) in [5, 5.41) is 15.8. The van der Waals surface area contributed by atoms with Crippen molar-refractivity contribution in [2.45, 2.75) is 6.54 Å². The molecule has 1 amide bonds. The highest BCUT2D eigenvalue weighted by Crippen LogP contribution is 2.18. The molecule has 3 heterocycles. The van der Waals surface area contributed by atoms with Crippen molar-refractivity contribution in [1.29, 1.82) is 0 Å². The number of amides is 1. The molecule has 4 aromatic rings. The normalized spacial score (nSPS) is 11.2. The van der Waals surface area contributed by atoms with Crippen LogP contribution in [0.2, 0.25) is 0 Å². The van der Waals surface area contributed by atoms with Crippen LogP contribution < -0.4 is 16.5 Å². The standard InChI is InChI=1S/C18H16N8O3/c19-16-22-17(23-18-21-15(24-26(16)18)13-2-1-9-29-13)20-10-12-5-3-11(4-6-12)7-8-14(27)25-28/h1-9,28H,10H2,(H,25,27)(H3,19,20,21,22,23,24)/b8-7+. The van der Waals surface area contributed by atoms with E-state index in [1.54, 1.807) is 18.2 Å². The van der Waals surface area contributed by atoms with E-state index in [2.05, 4.69) is 25.4 Å². The lowest BCUT2D eigenvalue weighted by atomic mass is 10.1. The van der Waals surface area contributed by atoms with Crippen LogP contribution in [0, 0.1) is 0 Å². The Morgan fingerprint density at radius 2 is 2.03 bits per heavy atom. The van der Waals surface area contributed by atoms with Gasteiger partial charge in [0.1, 0.15) is 0 Å². The first-order valence-corrected chi connectivity index (χ1v) is 8.51. The van der Waals surface area contributed by atoms with E-state index in [4.69, 9.17) is 15.4 Å². The molecule has 0 spiro atoms. The van der Waals surface area contributed by atoms with Crippen molar-refractivity contribution in [3.05, 3.63) is 59.9 Å². The maximum absolute atomic E-state index is 11.0. The third-order valence-corrected chi connectivity index (χ3v) is 3.94. The fourth-order valence-corrected chi connectivity index (χ4v) is 2.53. The summed E-state index contributed by atoms with van der Waals surface area (Å²) in [5.74, 6) is 1.04. The van der Waals surface area contributed by atoms with Gasteiger partial charge in [0.25, 0.3) is 11.7 Å². The Kier molecular flexibility index (Phi) is 4.86. The monoisotopic (exact) mass is 392 g/mol. The Labute approximate surface area is 163 Å². The maximum Gasteiger partial charge on any atom is 0.267 e. The smallest absolute Gasteiger partial charge is 0.267 e. The Morgan fingerprint density at radius 3 is 2.76 bits per heavy atom. The summed E-state index contributed by atoms with van der Waals surface area (Å²) in [7, 11) is 0. The lowest BCUT2D eigenvalue weighted by molar-refractivity contribution is -0.124. The van der Waals surface area contributed by atoms with Gasteiger partial charge >= 0.3 is 0 Å². The number of hydrogen-bond acceptors (Lipinski definition) is 9. The van der Waals surface area contributed by atoms with Crippen molar-refractivity contribution in [2.75, 3.05) is 11.1 Å². The third kappa shape index (κ3) is 4.04. The van der Waals surface area contributed by atoms with E-state index >= 15 is 0 Å². The van der Waals surface area contributed by atoms with Crippen molar-refractivity contribution in [3.63, 3.8) is 0 Å². The summed E-state index contributed by atoms with van der Waals surface area (Å²) in [4.78, 5) is 23.8. The van der Waals surface area contributed by atoms with Crippen LogP contribution in [0.3, 0.4) is 0 Å². The summed E-state index contributed by atoms with van der Waals surface area (Å²) in [5.41, 5.74) is 9.28. The van der Waals surface area contributed by atoms with Gasteiger partial charge in [-0.3, -0.25) is 10.0 Å². The largest absolute Gasteiger partial charge is 0.461 e. The molecule has 3 aromatic heterocycles. The minimum absolute atomic E-state index is 0.144. The number of aromatic nitrogens is 5. The summed E-state index contributed by atoms with van der Waals surface area (Å²) < 4.78 is 6.63. The molecule has 0 saturated carbocycles. The topological polar surface area (TPSA) is 156 Å². The van der Waals surface area contributed by atoms with Crippen LogP contribution in [0.5, 0.6) is 0 Å². The molecule has 0 aliphatic rings. The van der Waals surface area contributed by atoms with Crippen LogP contribution in [0.25, 0.3) is 23.4 Å².